The Morgan fingerprint density at radius 1 is 1.62 bits per heavy atom. The van der Waals surface area contributed by atoms with Gasteiger partial charge in [0.25, 0.3) is 5.69 Å². The van der Waals surface area contributed by atoms with Gasteiger partial charge >= 0.3 is 0 Å². The summed E-state index contributed by atoms with van der Waals surface area (Å²) in [6.07, 6.45) is 0. The molecule has 1 aromatic carbocycles. The molecule has 1 rings (SSSR count). The van der Waals surface area contributed by atoms with E-state index in [1.54, 1.807) is 6.92 Å². The number of hydrogen-bond donors (Lipinski definition) is 1. The molecule has 0 aliphatic rings. The average molecular weight is 194 g/mol. The molecular formula is C8H6N2O2S. The van der Waals surface area contributed by atoms with Gasteiger partial charge in [-0.05, 0) is 13.0 Å². The Labute approximate surface area is 80.4 Å². The Morgan fingerprint density at radius 3 is 2.69 bits per heavy atom. The molecule has 0 bridgehead atoms. The molecule has 0 fully saturated rings. The first kappa shape index (κ1) is 9.55. The first-order valence-electron chi connectivity index (χ1n) is 3.44. The van der Waals surface area contributed by atoms with Gasteiger partial charge in [0.15, 0.2) is 0 Å². The van der Waals surface area contributed by atoms with Crippen LogP contribution in [-0.2, 0) is 0 Å². The van der Waals surface area contributed by atoms with Crippen molar-refractivity contribution in [1.82, 2.24) is 0 Å². The van der Waals surface area contributed by atoms with E-state index in [1.165, 1.54) is 12.1 Å². The van der Waals surface area contributed by atoms with Gasteiger partial charge in [-0.15, -0.1) is 12.6 Å². The third-order valence-corrected chi connectivity index (χ3v) is 2.00. The number of nitro benzene ring substituents is 1. The minimum absolute atomic E-state index is 0.0102. The number of thiol groups is 1. The highest BCUT2D eigenvalue weighted by Crippen LogP contribution is 2.24. The summed E-state index contributed by atoms with van der Waals surface area (Å²) in [6.45, 7) is 1.59. The molecule has 13 heavy (non-hydrogen) atoms. The predicted octanol–water partition coefficient (Wildman–Crippen LogP) is 2.06. The summed E-state index contributed by atoms with van der Waals surface area (Å²) < 4.78 is 0. The van der Waals surface area contributed by atoms with Crippen LogP contribution in [-0.4, -0.2) is 4.92 Å². The number of nitriles is 1. The summed E-state index contributed by atoms with van der Waals surface area (Å²) in [7, 11) is 0. The van der Waals surface area contributed by atoms with E-state index in [1.807, 2.05) is 6.07 Å². The molecule has 0 aromatic heterocycles. The summed E-state index contributed by atoms with van der Waals surface area (Å²) in [6, 6.07) is 4.65. The zero-order chi connectivity index (χ0) is 10.0. The Morgan fingerprint density at radius 2 is 2.23 bits per heavy atom. The van der Waals surface area contributed by atoms with Gasteiger partial charge in [0.2, 0.25) is 0 Å². The molecule has 0 aliphatic heterocycles. The number of benzene rings is 1. The van der Waals surface area contributed by atoms with Crippen molar-refractivity contribution in [3.05, 3.63) is 33.4 Å². The molecule has 0 amide bonds. The fraction of sp³-hybridized carbons (Fsp3) is 0.125. The van der Waals surface area contributed by atoms with Gasteiger partial charge in [-0.1, -0.05) is 0 Å². The maximum atomic E-state index is 10.5. The lowest BCUT2D eigenvalue weighted by molar-refractivity contribution is -0.385. The van der Waals surface area contributed by atoms with E-state index in [2.05, 4.69) is 12.6 Å². The third kappa shape index (κ3) is 1.79. The Kier molecular flexibility index (Phi) is 2.54. The molecule has 0 unspecified atom stereocenters. The fourth-order valence-electron chi connectivity index (χ4n) is 0.972. The van der Waals surface area contributed by atoms with Gasteiger partial charge < -0.3 is 0 Å². The maximum Gasteiger partial charge on any atom is 0.273 e. The highest BCUT2D eigenvalue weighted by molar-refractivity contribution is 7.80. The van der Waals surface area contributed by atoms with Crippen LogP contribution in [0.15, 0.2) is 17.0 Å². The lowest BCUT2D eigenvalue weighted by Gasteiger charge is -1.99. The molecule has 1 aromatic rings. The van der Waals surface area contributed by atoms with Crippen molar-refractivity contribution in [2.24, 2.45) is 0 Å². The van der Waals surface area contributed by atoms with Crippen molar-refractivity contribution in [1.29, 1.82) is 5.26 Å². The molecule has 0 heterocycles. The van der Waals surface area contributed by atoms with E-state index in [0.717, 1.165) is 0 Å². The topological polar surface area (TPSA) is 66.9 Å². The molecule has 5 heteroatoms. The molecule has 0 atom stereocenters. The summed E-state index contributed by atoms with van der Waals surface area (Å²) in [5.74, 6) is 0. The normalized spacial score (nSPS) is 9.31. The lowest BCUT2D eigenvalue weighted by atomic mass is 10.1. The van der Waals surface area contributed by atoms with Crippen LogP contribution in [0.4, 0.5) is 5.69 Å². The Bertz CT molecular complexity index is 409. The molecule has 66 valence electrons. The molecule has 0 saturated heterocycles. The molecule has 0 spiro atoms. The zero-order valence-electron chi connectivity index (χ0n) is 6.81. The van der Waals surface area contributed by atoms with Gasteiger partial charge in [-0.2, -0.15) is 5.26 Å². The van der Waals surface area contributed by atoms with E-state index in [4.69, 9.17) is 5.26 Å². The van der Waals surface area contributed by atoms with Crippen molar-refractivity contribution >= 4 is 18.3 Å². The minimum Gasteiger partial charge on any atom is -0.258 e. The summed E-state index contributed by atoms with van der Waals surface area (Å²) in [5.41, 5.74) is 0.815. The summed E-state index contributed by atoms with van der Waals surface area (Å²) in [5, 5.41) is 19.1. The van der Waals surface area contributed by atoms with Crippen molar-refractivity contribution < 1.29 is 4.92 Å². The van der Waals surface area contributed by atoms with Crippen LogP contribution >= 0.6 is 12.6 Å². The van der Waals surface area contributed by atoms with E-state index < -0.39 is 4.92 Å². The molecule has 0 aliphatic carbocycles. The Balaban J connectivity index is 3.39. The number of nitro groups is 1. The second-order valence-corrected chi connectivity index (χ2v) is 3.01. The number of nitrogens with zero attached hydrogens (tertiary/aromatic N) is 2. The molecule has 0 radical (unpaired) electrons. The van der Waals surface area contributed by atoms with Gasteiger partial charge in [0, 0.05) is 16.5 Å². The fourth-order valence-corrected chi connectivity index (χ4v) is 1.21. The average Bonchev–Trinajstić information content (AvgIpc) is 2.07. The number of rotatable bonds is 1. The smallest absolute Gasteiger partial charge is 0.258 e. The second kappa shape index (κ2) is 3.46. The highest BCUT2D eigenvalue weighted by Gasteiger charge is 2.12. The highest BCUT2D eigenvalue weighted by atomic mass is 32.1. The zero-order valence-corrected chi connectivity index (χ0v) is 7.71. The van der Waals surface area contributed by atoms with Gasteiger partial charge in [-0.25, -0.2) is 0 Å². The van der Waals surface area contributed by atoms with Gasteiger partial charge in [0.05, 0.1) is 10.5 Å². The van der Waals surface area contributed by atoms with Crippen LogP contribution in [0, 0.1) is 28.4 Å². The SMILES string of the molecule is Cc1cc(C#N)c(S)cc1[N+](=O)[O-]. The van der Waals surface area contributed by atoms with E-state index >= 15 is 0 Å². The van der Waals surface area contributed by atoms with E-state index in [9.17, 15) is 10.1 Å². The van der Waals surface area contributed by atoms with Gasteiger partial charge in [-0.3, -0.25) is 10.1 Å². The van der Waals surface area contributed by atoms with Crippen LogP contribution in [0.25, 0.3) is 0 Å². The van der Waals surface area contributed by atoms with E-state index in [-0.39, 0.29) is 5.69 Å². The van der Waals surface area contributed by atoms with Crippen LogP contribution in [0.2, 0.25) is 0 Å². The standard InChI is InChI=1S/C8H6N2O2S/c1-5-2-6(4-9)8(13)3-7(5)10(11)12/h2-3,13H,1H3. The van der Waals surface area contributed by atoms with E-state index in [0.29, 0.717) is 16.0 Å². The predicted molar refractivity (Wildman–Crippen MR) is 49.8 cm³/mol. The number of aryl methyl sites for hydroxylation is 1. The summed E-state index contributed by atoms with van der Waals surface area (Å²) in [4.78, 5) is 10.3. The minimum atomic E-state index is -0.490. The molecule has 0 saturated carbocycles. The monoisotopic (exact) mass is 194 g/mol. The molecular weight excluding hydrogens is 188 g/mol. The van der Waals surface area contributed by atoms with Crippen LogP contribution in [0.3, 0.4) is 0 Å². The van der Waals surface area contributed by atoms with Crippen LogP contribution in [0.5, 0.6) is 0 Å². The van der Waals surface area contributed by atoms with Crippen molar-refractivity contribution in [2.45, 2.75) is 11.8 Å². The first-order chi connectivity index (χ1) is 6.06. The summed E-state index contributed by atoms with van der Waals surface area (Å²) >= 11 is 3.96. The second-order valence-electron chi connectivity index (χ2n) is 2.52. The Hall–Kier alpha value is -1.54. The molecule has 4 nitrogen and oxygen atoms in total. The first-order valence-corrected chi connectivity index (χ1v) is 3.89. The van der Waals surface area contributed by atoms with Crippen molar-refractivity contribution in [2.75, 3.05) is 0 Å². The van der Waals surface area contributed by atoms with Crippen molar-refractivity contribution in [3.63, 3.8) is 0 Å². The van der Waals surface area contributed by atoms with Crippen molar-refractivity contribution in [3.8, 4) is 6.07 Å². The van der Waals surface area contributed by atoms with Crippen LogP contribution < -0.4 is 0 Å². The van der Waals surface area contributed by atoms with Crippen LogP contribution in [0.1, 0.15) is 11.1 Å². The quantitative estimate of drug-likeness (QED) is 0.422. The third-order valence-electron chi connectivity index (χ3n) is 1.63. The van der Waals surface area contributed by atoms with Gasteiger partial charge in [0.1, 0.15) is 6.07 Å². The number of hydrogen-bond acceptors (Lipinski definition) is 4. The molecule has 0 N–H and O–H groups in total. The lowest BCUT2D eigenvalue weighted by Crippen LogP contribution is -1.93. The largest absolute Gasteiger partial charge is 0.273 e. The maximum absolute atomic E-state index is 10.5.